The normalized spacial score (nSPS) is 10.7. The maximum Gasteiger partial charge on any atom is 0.361 e. The van der Waals surface area contributed by atoms with Crippen LogP contribution in [0.25, 0.3) is 11.1 Å². The molecule has 23 heavy (non-hydrogen) atoms. The zero-order chi connectivity index (χ0) is 16.2. The van der Waals surface area contributed by atoms with Crippen molar-refractivity contribution in [2.24, 2.45) is 0 Å². The van der Waals surface area contributed by atoms with Gasteiger partial charge in [0.05, 0.1) is 13.5 Å². The van der Waals surface area contributed by atoms with Crippen LogP contribution in [0.15, 0.2) is 52.9 Å². The predicted molar refractivity (Wildman–Crippen MR) is 84.2 cm³/mol. The fraction of sp³-hybridized carbons (Fsp3) is 0.176. The number of aromatic nitrogens is 1. The van der Waals surface area contributed by atoms with E-state index in [-0.39, 0.29) is 11.8 Å². The van der Waals surface area contributed by atoms with Crippen LogP contribution >= 0.6 is 0 Å². The fourth-order valence-electron chi connectivity index (χ4n) is 2.30. The Balaban J connectivity index is 1.67. The van der Waals surface area contributed by atoms with Crippen LogP contribution in [0.1, 0.15) is 16.2 Å². The molecule has 1 heterocycles. The number of nitrogens with one attached hydrogen (secondary N) is 1. The minimum atomic E-state index is -0.180. The lowest BCUT2D eigenvalue weighted by Crippen LogP contribution is -2.33. The minimum Gasteiger partial charge on any atom is -0.616 e. The predicted octanol–water partition coefficient (Wildman–Crippen LogP) is 2.05. The van der Waals surface area contributed by atoms with Crippen LogP contribution in [0.5, 0.6) is 5.75 Å². The Kier molecular flexibility index (Phi) is 4.14. The van der Waals surface area contributed by atoms with Crippen LogP contribution in [-0.2, 0) is 6.42 Å². The number of oxazole rings is 1. The summed E-state index contributed by atoms with van der Waals surface area (Å²) in [6, 6.07) is 13.9. The highest BCUT2D eigenvalue weighted by Gasteiger charge is 2.18. The van der Waals surface area contributed by atoms with E-state index in [9.17, 15) is 10.0 Å². The molecular formula is C17H16N2O4. The van der Waals surface area contributed by atoms with Crippen molar-refractivity contribution in [3.05, 3.63) is 65.2 Å². The summed E-state index contributed by atoms with van der Waals surface area (Å²) in [7, 11) is 1.55. The van der Waals surface area contributed by atoms with Crippen LogP contribution in [0.2, 0.25) is 0 Å². The van der Waals surface area contributed by atoms with Gasteiger partial charge in [0, 0.05) is 24.2 Å². The Morgan fingerprint density at radius 3 is 2.78 bits per heavy atom. The molecule has 3 aromatic rings. The van der Waals surface area contributed by atoms with Crippen molar-refractivity contribution in [2.45, 2.75) is 6.42 Å². The summed E-state index contributed by atoms with van der Waals surface area (Å²) in [5.41, 5.74) is 1.48. The van der Waals surface area contributed by atoms with Gasteiger partial charge in [-0.1, -0.05) is 18.2 Å². The monoisotopic (exact) mass is 312 g/mol. The third kappa shape index (κ3) is 3.11. The van der Waals surface area contributed by atoms with E-state index in [2.05, 4.69) is 5.32 Å². The average Bonchev–Trinajstić information content (AvgIpc) is 2.91. The fourth-order valence-corrected chi connectivity index (χ4v) is 2.30. The standard InChI is InChI=1S/C17H16N2O4/c1-22-13-7-8-14-15(11-13)23-16(19(14)21)9-10-18-17(20)12-5-3-2-4-6-12/h2-8,11H,9-10H2,1H3,(H,18,20). The molecule has 0 aliphatic rings. The molecule has 1 aromatic heterocycles. The SMILES string of the molecule is COc1ccc2c(c1)oc(CCNC(=O)c1ccccc1)[n+]2[O-]. The highest BCUT2D eigenvalue weighted by molar-refractivity contribution is 5.94. The van der Waals surface area contributed by atoms with Gasteiger partial charge >= 0.3 is 5.89 Å². The van der Waals surface area contributed by atoms with Crippen LogP contribution in [0.4, 0.5) is 0 Å². The summed E-state index contributed by atoms with van der Waals surface area (Å²) >= 11 is 0. The van der Waals surface area contributed by atoms with Crippen molar-refractivity contribution >= 4 is 17.0 Å². The number of carbonyl (C=O) groups excluding carboxylic acids is 1. The number of amides is 1. The molecule has 0 spiro atoms. The average molecular weight is 312 g/mol. The maximum absolute atomic E-state index is 12.1. The quantitative estimate of drug-likeness (QED) is 0.578. The lowest BCUT2D eigenvalue weighted by atomic mass is 10.2. The van der Waals surface area contributed by atoms with Gasteiger partial charge < -0.3 is 19.7 Å². The Morgan fingerprint density at radius 1 is 1.26 bits per heavy atom. The summed E-state index contributed by atoms with van der Waals surface area (Å²) in [5, 5.41) is 14.9. The van der Waals surface area contributed by atoms with Crippen LogP contribution in [-0.4, -0.2) is 19.6 Å². The first kappa shape index (κ1) is 14.9. The Hall–Kier alpha value is -3.02. The molecule has 0 unspecified atom stereocenters. The number of hydrogen-bond donors (Lipinski definition) is 1. The molecular weight excluding hydrogens is 296 g/mol. The van der Waals surface area contributed by atoms with Gasteiger partial charge in [-0.15, -0.1) is 4.73 Å². The summed E-state index contributed by atoms with van der Waals surface area (Å²) in [4.78, 5) is 11.9. The van der Waals surface area contributed by atoms with E-state index in [1.54, 1.807) is 49.6 Å². The van der Waals surface area contributed by atoms with Crippen molar-refractivity contribution < 1.29 is 18.7 Å². The van der Waals surface area contributed by atoms with Gasteiger partial charge in [0.1, 0.15) is 5.75 Å². The van der Waals surface area contributed by atoms with Gasteiger partial charge in [0.2, 0.25) is 5.58 Å². The van der Waals surface area contributed by atoms with E-state index in [1.165, 1.54) is 0 Å². The number of ether oxygens (including phenoxy) is 1. The number of nitrogens with zero attached hydrogens (tertiary/aromatic N) is 1. The second-order valence-electron chi connectivity index (χ2n) is 5.00. The first-order valence-corrected chi connectivity index (χ1v) is 7.21. The summed E-state index contributed by atoms with van der Waals surface area (Å²) in [6.45, 7) is 0.312. The van der Waals surface area contributed by atoms with E-state index in [1.807, 2.05) is 6.07 Å². The van der Waals surface area contributed by atoms with Gasteiger partial charge in [-0.2, -0.15) is 0 Å². The molecule has 3 rings (SSSR count). The number of hydrogen-bond acceptors (Lipinski definition) is 4. The zero-order valence-corrected chi connectivity index (χ0v) is 12.6. The van der Waals surface area contributed by atoms with Gasteiger partial charge in [-0.25, -0.2) is 0 Å². The molecule has 0 fully saturated rings. The Labute approximate surface area is 132 Å². The molecule has 0 saturated heterocycles. The number of carbonyl (C=O) groups is 1. The zero-order valence-electron chi connectivity index (χ0n) is 12.6. The Morgan fingerprint density at radius 2 is 2.04 bits per heavy atom. The molecule has 0 radical (unpaired) electrons. The topological polar surface area (TPSA) is 78.4 Å². The second kappa shape index (κ2) is 6.39. The molecule has 2 aromatic carbocycles. The van der Waals surface area contributed by atoms with E-state index in [0.29, 0.717) is 35.4 Å². The third-order valence-corrected chi connectivity index (χ3v) is 3.50. The van der Waals surface area contributed by atoms with Crippen LogP contribution < -0.4 is 14.8 Å². The molecule has 1 N–H and O–H groups in total. The Bertz CT molecular complexity index is 827. The summed E-state index contributed by atoms with van der Waals surface area (Å²) in [5.74, 6) is 0.693. The summed E-state index contributed by atoms with van der Waals surface area (Å²) < 4.78 is 11.4. The second-order valence-corrected chi connectivity index (χ2v) is 5.00. The maximum atomic E-state index is 12.1. The summed E-state index contributed by atoms with van der Waals surface area (Å²) in [6.07, 6.45) is 0.305. The van der Waals surface area contributed by atoms with Gasteiger partial charge in [0.25, 0.3) is 11.4 Å². The molecule has 0 saturated carbocycles. The number of methoxy groups -OCH3 is 1. The van der Waals surface area contributed by atoms with E-state index >= 15 is 0 Å². The molecule has 0 bridgehead atoms. The van der Waals surface area contributed by atoms with Crippen molar-refractivity contribution in [1.29, 1.82) is 0 Å². The van der Waals surface area contributed by atoms with Gasteiger partial charge in [-0.3, -0.25) is 4.79 Å². The van der Waals surface area contributed by atoms with E-state index in [4.69, 9.17) is 9.15 Å². The van der Waals surface area contributed by atoms with Crippen molar-refractivity contribution in [3.8, 4) is 5.75 Å². The van der Waals surface area contributed by atoms with E-state index < -0.39 is 0 Å². The highest BCUT2D eigenvalue weighted by atomic mass is 16.5. The molecule has 118 valence electrons. The number of rotatable bonds is 5. The molecule has 0 aliphatic carbocycles. The number of fused-ring (bicyclic) bond motifs is 1. The molecule has 0 atom stereocenters. The van der Waals surface area contributed by atoms with Crippen molar-refractivity contribution in [2.75, 3.05) is 13.7 Å². The van der Waals surface area contributed by atoms with E-state index in [0.717, 1.165) is 4.73 Å². The smallest absolute Gasteiger partial charge is 0.361 e. The third-order valence-electron chi connectivity index (χ3n) is 3.50. The molecule has 6 nitrogen and oxygen atoms in total. The largest absolute Gasteiger partial charge is 0.616 e. The van der Waals surface area contributed by atoms with Crippen LogP contribution in [0, 0.1) is 5.21 Å². The molecule has 1 amide bonds. The molecule has 6 heteroatoms. The lowest BCUT2D eigenvalue weighted by molar-refractivity contribution is -0.592. The first-order valence-electron chi connectivity index (χ1n) is 7.21. The lowest BCUT2D eigenvalue weighted by Gasteiger charge is -2.03. The first-order chi connectivity index (χ1) is 11.2. The van der Waals surface area contributed by atoms with Crippen molar-refractivity contribution in [3.63, 3.8) is 0 Å². The minimum absolute atomic E-state index is 0.180. The van der Waals surface area contributed by atoms with Crippen molar-refractivity contribution in [1.82, 2.24) is 5.32 Å². The molecule has 0 aliphatic heterocycles. The van der Waals surface area contributed by atoms with Gasteiger partial charge in [-0.05, 0) is 18.2 Å². The van der Waals surface area contributed by atoms with Crippen LogP contribution in [0.3, 0.4) is 0 Å². The highest BCUT2D eigenvalue weighted by Crippen LogP contribution is 2.20. The number of benzene rings is 2. The van der Waals surface area contributed by atoms with Gasteiger partial charge in [0.15, 0.2) is 0 Å².